The molecule has 2 fully saturated rings. The third kappa shape index (κ3) is 18.2. The monoisotopic (exact) mass is 1200 g/mol. The minimum Gasteiger partial charge on any atom is -0.508 e. The van der Waals surface area contributed by atoms with Crippen LogP contribution in [0.1, 0.15) is 148 Å². The van der Waals surface area contributed by atoms with E-state index in [9.17, 15) is 24.6 Å². The summed E-state index contributed by atoms with van der Waals surface area (Å²) in [6, 6.07) is 37.5. The molecule has 0 unspecified atom stereocenters. The third-order valence-corrected chi connectivity index (χ3v) is 19.2. The van der Waals surface area contributed by atoms with E-state index in [0.29, 0.717) is 55.4 Å². The molecule has 6 aliphatic rings. The number of aromatic carboxylic acids is 1. The molecular formula is C72H93N4O10Si+. The van der Waals surface area contributed by atoms with Crippen LogP contribution in [-0.4, -0.2) is 90.0 Å². The van der Waals surface area contributed by atoms with Gasteiger partial charge < -0.3 is 48.3 Å². The number of fused-ring (bicyclic) bond motifs is 4. The lowest BCUT2D eigenvalue weighted by Crippen LogP contribution is -2.46. The van der Waals surface area contributed by atoms with Crippen LogP contribution in [0.15, 0.2) is 135 Å². The number of carboxylic acid groups (broad SMARTS) is 1. The SMILES string of the molecule is C1CCCC1.CCN(CC)c1ccc2c(-c3ccccc3C(=O)O)c3ccc(=[N+](CC)CC)cc-3oc2c1.CCO[Si](CCCN)(OCC)OCC.O=C(NCCCC1CCCC1)c1ccccc1-c1c2ccc(=O)cc-2oc2cc(O)ccc12.[2H]C#C. The average Bonchev–Trinajstić information content (AvgIpc) is 1.08. The normalized spacial score (nSPS) is 13.0. The van der Waals surface area contributed by atoms with Crippen LogP contribution in [-0.2, 0) is 13.3 Å². The van der Waals surface area contributed by atoms with Crippen LogP contribution < -0.4 is 31.3 Å². The molecular weight excluding hydrogens is 1110 g/mol. The number of phenolic OH excluding ortho intramolecular Hbond substituents is 1. The molecule has 4 aromatic carbocycles. The van der Waals surface area contributed by atoms with Crippen molar-refractivity contribution in [3.05, 3.63) is 148 Å². The lowest BCUT2D eigenvalue weighted by molar-refractivity contribution is 0.0692. The van der Waals surface area contributed by atoms with Gasteiger partial charge >= 0.3 is 14.8 Å². The molecule has 0 spiro atoms. The fourth-order valence-corrected chi connectivity index (χ4v) is 14.5. The van der Waals surface area contributed by atoms with Crippen molar-refractivity contribution in [3.8, 4) is 63.5 Å². The van der Waals surface area contributed by atoms with E-state index in [4.69, 9.17) is 29.2 Å². The standard InChI is InChI=1S/C28H30N2O3.C28H27NO4.C9H23NO3Si.C5H10.C2H2/c1-5-29(6-2)19-13-15-23-25(17-19)33-26-18-20(30(7-3)8-4)14-16-24(26)27(23)21-11-9-10-12-22(21)28(31)32;30-19-11-13-23-25(16-19)33-26-17-20(31)12-14-24(26)27(23)21-9-3-4-10-22(21)28(32)29-15-5-8-18-6-1-2-7-18;1-4-11-14(12-5-2,13-6-3)9-7-8-10;1-2-4-5-3-1;1-2/h9-18H,5-8H2,1-4H3;3-4,9-14,16-18,30H,1-2,5-8,15H2,(H,29,32);4-10H2,1-3H3;1-5H2;1-2H/p+1/i;;;;1D. The molecule has 4 aliphatic carbocycles. The van der Waals surface area contributed by atoms with Gasteiger partial charge in [-0.25, -0.2) is 9.37 Å². The quantitative estimate of drug-likeness (QED) is 0.0165. The van der Waals surface area contributed by atoms with Crippen LogP contribution in [0.2, 0.25) is 6.04 Å². The number of nitrogens with one attached hydrogen (secondary N) is 1. The van der Waals surface area contributed by atoms with E-state index in [-0.39, 0.29) is 22.6 Å². The topological polar surface area (TPSA) is 190 Å². The van der Waals surface area contributed by atoms with Crippen LogP contribution >= 0.6 is 0 Å². The highest BCUT2D eigenvalue weighted by atomic mass is 28.4. The highest BCUT2D eigenvalue weighted by molar-refractivity contribution is 6.60. The number of carbonyl (C=O) groups excluding carboxylic acids is 1. The molecule has 0 saturated heterocycles. The maximum absolute atomic E-state index is 13.2. The van der Waals surface area contributed by atoms with Crippen molar-refractivity contribution in [2.45, 2.75) is 132 Å². The molecule has 87 heavy (non-hydrogen) atoms. The summed E-state index contributed by atoms with van der Waals surface area (Å²) in [6.07, 6.45) is 21.6. The van der Waals surface area contributed by atoms with Crippen molar-refractivity contribution in [2.75, 3.05) is 64.0 Å². The van der Waals surface area contributed by atoms with Crippen molar-refractivity contribution < 1.29 is 43.3 Å². The van der Waals surface area contributed by atoms with E-state index in [1.807, 2.05) is 57.2 Å². The first-order valence-corrected chi connectivity index (χ1v) is 33.4. The maximum Gasteiger partial charge on any atom is 0.500 e. The van der Waals surface area contributed by atoms with Gasteiger partial charge in [0.15, 0.2) is 5.43 Å². The number of phenols is 1. The molecule has 5 N–H and O–H groups in total. The molecule has 2 heterocycles. The van der Waals surface area contributed by atoms with Crippen LogP contribution in [0.4, 0.5) is 5.69 Å². The number of rotatable bonds is 22. The van der Waals surface area contributed by atoms with E-state index in [2.05, 4.69) is 85.3 Å². The van der Waals surface area contributed by atoms with Crippen LogP contribution in [0.5, 0.6) is 5.75 Å². The average molecular weight is 1200 g/mol. The molecule has 10 rings (SSSR count). The first-order valence-electron chi connectivity index (χ1n) is 32.0. The van der Waals surface area contributed by atoms with Crippen molar-refractivity contribution in [3.63, 3.8) is 0 Å². The Morgan fingerprint density at radius 3 is 1.76 bits per heavy atom. The Balaban J connectivity index is 0.000000211. The highest BCUT2D eigenvalue weighted by Gasteiger charge is 2.39. The number of nitrogens with two attached hydrogens (primary N) is 1. The van der Waals surface area contributed by atoms with Gasteiger partial charge in [-0.05, 0) is 146 Å². The molecule has 0 atom stereocenters. The molecule has 0 bridgehead atoms. The summed E-state index contributed by atoms with van der Waals surface area (Å²) in [6.45, 7) is 21.2. The number of anilines is 1. The lowest BCUT2D eigenvalue weighted by Gasteiger charge is -2.28. The summed E-state index contributed by atoms with van der Waals surface area (Å²) < 4.78 is 37.4. The summed E-state index contributed by atoms with van der Waals surface area (Å²) in [5, 5.41) is 25.7. The zero-order valence-electron chi connectivity index (χ0n) is 53.4. The van der Waals surface area contributed by atoms with Gasteiger partial charge in [0.2, 0.25) is 5.36 Å². The number of amides is 1. The van der Waals surface area contributed by atoms with Gasteiger partial charge in [-0.3, -0.25) is 9.59 Å². The Hall–Kier alpha value is -7.58. The second kappa shape index (κ2) is 35.3. The van der Waals surface area contributed by atoms with Gasteiger partial charge in [-0.15, -0.1) is 12.8 Å². The second-order valence-electron chi connectivity index (χ2n) is 21.6. The Labute approximate surface area is 517 Å². The Bertz CT molecular complexity index is 3570. The predicted molar refractivity (Wildman–Crippen MR) is 357 cm³/mol. The number of nitrogens with zero attached hydrogens (tertiary/aromatic N) is 2. The number of hydrogen-bond donors (Lipinski definition) is 4. The molecule has 14 nitrogen and oxygen atoms in total. The number of aromatic hydroxyl groups is 1. The molecule has 2 aliphatic heterocycles. The van der Waals surface area contributed by atoms with E-state index in [1.54, 1.807) is 30.3 Å². The number of terminal acetylenes is 1. The smallest absolute Gasteiger partial charge is 0.500 e. The molecule has 1 amide bonds. The van der Waals surface area contributed by atoms with E-state index in [0.717, 1.165) is 112 Å². The van der Waals surface area contributed by atoms with Crippen molar-refractivity contribution in [2.24, 2.45) is 11.7 Å². The summed E-state index contributed by atoms with van der Waals surface area (Å²) in [5.41, 5.74) is 13.3. The van der Waals surface area contributed by atoms with Crippen molar-refractivity contribution in [1.29, 1.82) is 0 Å². The van der Waals surface area contributed by atoms with Crippen molar-refractivity contribution in [1.82, 2.24) is 9.89 Å². The summed E-state index contributed by atoms with van der Waals surface area (Å²) in [4.78, 5) is 39.5. The van der Waals surface area contributed by atoms with Crippen LogP contribution in [0.25, 0.3) is 66.8 Å². The molecule has 2 saturated carbocycles. The molecule has 15 heteroatoms. The number of benzene rings is 6. The highest BCUT2D eigenvalue weighted by Crippen LogP contribution is 2.44. The Morgan fingerprint density at radius 1 is 0.678 bits per heavy atom. The second-order valence-corrected chi connectivity index (χ2v) is 24.3. The Kier molecular flexibility index (Phi) is 27.1. The molecule has 0 radical (unpaired) electrons. The minimum absolute atomic E-state index is 0.0723. The molecule has 464 valence electrons. The number of carboxylic acids is 1. The van der Waals surface area contributed by atoms with Gasteiger partial charge in [-0.1, -0.05) is 94.2 Å². The summed E-state index contributed by atoms with van der Waals surface area (Å²) >= 11 is 0. The molecule has 0 aromatic heterocycles. The third-order valence-electron chi connectivity index (χ3n) is 16.1. The molecule has 4 aromatic rings. The van der Waals surface area contributed by atoms with Gasteiger partial charge in [0.25, 0.3) is 5.91 Å². The number of hydrogen-bond acceptors (Lipinski definition) is 11. The van der Waals surface area contributed by atoms with E-state index in [1.165, 1.54) is 88.8 Å². The van der Waals surface area contributed by atoms with E-state index >= 15 is 0 Å². The van der Waals surface area contributed by atoms with Crippen LogP contribution in [0.3, 0.4) is 0 Å². The van der Waals surface area contributed by atoms with Gasteiger partial charge in [0.1, 0.15) is 42.9 Å². The fourth-order valence-electron chi connectivity index (χ4n) is 11.9. The summed E-state index contributed by atoms with van der Waals surface area (Å²) in [7, 11) is -2.40. The lowest BCUT2D eigenvalue weighted by atomic mass is 9.90. The Morgan fingerprint density at radius 2 is 1.21 bits per heavy atom. The first-order chi connectivity index (χ1) is 42.8. The van der Waals surface area contributed by atoms with Gasteiger partial charge in [0, 0.05) is 114 Å². The van der Waals surface area contributed by atoms with Crippen molar-refractivity contribution >= 4 is 48.3 Å². The zero-order valence-corrected chi connectivity index (χ0v) is 53.4. The minimum atomic E-state index is -2.40. The summed E-state index contributed by atoms with van der Waals surface area (Å²) in [5.74, 6) is 0.997. The zero-order chi connectivity index (χ0) is 63.4. The number of carbonyl (C=O) groups is 2. The first kappa shape index (κ1) is 66.9. The van der Waals surface area contributed by atoms with Crippen LogP contribution in [0, 0.1) is 18.7 Å². The predicted octanol–water partition coefficient (Wildman–Crippen LogP) is 15.1. The van der Waals surface area contributed by atoms with E-state index < -0.39 is 14.8 Å². The maximum atomic E-state index is 13.2. The fraction of sp³-hybridized carbons (Fsp3) is 0.417. The largest absolute Gasteiger partial charge is 0.508 e. The van der Waals surface area contributed by atoms with Gasteiger partial charge in [-0.2, -0.15) is 0 Å². The van der Waals surface area contributed by atoms with Gasteiger partial charge in [0.05, 0.1) is 11.6 Å².